The number of carbonyl (C=O) groups is 2. The number of hydrogen-bond acceptors (Lipinski definition) is 5. The number of amides is 1. The SMILES string of the molecule is COc1ccc(C(C)(C)C)cc1CN[C@H]1[C@H](C(C)(C)C)[C@@H](C(=O)O)N(C(=O)[C@]2(C)CCc3c(OC)cccc32)[C@H]1c1ccccc1. The fraction of sp³-hybridized carbons (Fsp3) is 0.487. The van der Waals surface area contributed by atoms with E-state index >= 15 is 4.79 Å². The summed E-state index contributed by atoms with van der Waals surface area (Å²) in [5.41, 5.74) is 3.64. The zero-order valence-electron chi connectivity index (χ0n) is 28.8. The van der Waals surface area contributed by atoms with Crippen molar-refractivity contribution in [2.45, 2.75) is 96.8 Å². The van der Waals surface area contributed by atoms with Crippen molar-refractivity contribution in [1.82, 2.24) is 10.2 Å². The Balaban J connectivity index is 1.65. The predicted octanol–water partition coefficient (Wildman–Crippen LogP) is 7.06. The smallest absolute Gasteiger partial charge is 0.326 e. The lowest BCUT2D eigenvalue weighted by Crippen LogP contribution is -2.52. The van der Waals surface area contributed by atoms with E-state index in [0.717, 1.165) is 33.8 Å². The molecule has 246 valence electrons. The van der Waals surface area contributed by atoms with E-state index in [4.69, 9.17) is 9.47 Å². The van der Waals surface area contributed by atoms with E-state index < -0.39 is 34.8 Å². The fourth-order valence-electron chi connectivity index (χ4n) is 7.87. The number of rotatable bonds is 8. The summed E-state index contributed by atoms with van der Waals surface area (Å²) in [6, 6.07) is 20.1. The van der Waals surface area contributed by atoms with Crippen molar-refractivity contribution in [3.8, 4) is 11.5 Å². The van der Waals surface area contributed by atoms with Crippen LogP contribution in [0.4, 0.5) is 0 Å². The first-order chi connectivity index (χ1) is 21.6. The van der Waals surface area contributed by atoms with Crippen LogP contribution in [0.2, 0.25) is 0 Å². The highest BCUT2D eigenvalue weighted by Crippen LogP contribution is 2.52. The van der Waals surface area contributed by atoms with Crippen molar-refractivity contribution < 1.29 is 24.2 Å². The minimum absolute atomic E-state index is 0.0534. The van der Waals surface area contributed by atoms with Gasteiger partial charge in [-0.15, -0.1) is 0 Å². The summed E-state index contributed by atoms with van der Waals surface area (Å²) in [6.45, 7) is 15.2. The molecule has 7 nitrogen and oxygen atoms in total. The van der Waals surface area contributed by atoms with Gasteiger partial charge in [0.05, 0.1) is 25.7 Å². The van der Waals surface area contributed by atoms with Gasteiger partial charge in [0, 0.05) is 24.1 Å². The molecule has 0 spiro atoms. The summed E-state index contributed by atoms with van der Waals surface area (Å²) in [7, 11) is 3.32. The second kappa shape index (κ2) is 12.4. The average Bonchev–Trinajstić information content (AvgIpc) is 3.56. The normalized spacial score (nSPS) is 24.5. The van der Waals surface area contributed by atoms with Gasteiger partial charge < -0.3 is 24.8 Å². The highest BCUT2D eigenvalue weighted by molar-refractivity contribution is 5.94. The van der Waals surface area contributed by atoms with Crippen LogP contribution >= 0.6 is 0 Å². The van der Waals surface area contributed by atoms with Gasteiger partial charge in [0.1, 0.15) is 17.5 Å². The molecule has 2 aliphatic rings. The van der Waals surface area contributed by atoms with Gasteiger partial charge in [0.2, 0.25) is 5.91 Å². The summed E-state index contributed by atoms with van der Waals surface area (Å²) >= 11 is 0. The van der Waals surface area contributed by atoms with Gasteiger partial charge >= 0.3 is 5.97 Å². The number of hydrogen-bond donors (Lipinski definition) is 2. The van der Waals surface area contributed by atoms with Crippen LogP contribution in [0.5, 0.6) is 11.5 Å². The molecule has 3 aromatic carbocycles. The fourth-order valence-corrected chi connectivity index (χ4v) is 7.87. The topological polar surface area (TPSA) is 88.1 Å². The van der Waals surface area contributed by atoms with E-state index in [2.05, 4.69) is 59.0 Å². The Bertz CT molecular complexity index is 1590. The summed E-state index contributed by atoms with van der Waals surface area (Å²) in [4.78, 5) is 30.3. The Morgan fingerprint density at radius 1 is 0.935 bits per heavy atom. The first-order valence-electron chi connectivity index (χ1n) is 16.3. The molecule has 3 aromatic rings. The molecule has 7 heteroatoms. The Hall–Kier alpha value is -3.84. The average molecular weight is 627 g/mol. The van der Waals surface area contributed by atoms with Crippen molar-refractivity contribution >= 4 is 11.9 Å². The molecular weight excluding hydrogens is 576 g/mol. The zero-order chi connectivity index (χ0) is 33.6. The van der Waals surface area contributed by atoms with Crippen molar-refractivity contribution in [2.75, 3.05) is 14.2 Å². The van der Waals surface area contributed by atoms with Crippen LogP contribution in [0, 0.1) is 11.3 Å². The maximum Gasteiger partial charge on any atom is 0.326 e. The highest BCUT2D eigenvalue weighted by Gasteiger charge is 2.60. The van der Waals surface area contributed by atoms with Gasteiger partial charge in [0.25, 0.3) is 0 Å². The van der Waals surface area contributed by atoms with Crippen LogP contribution in [0.25, 0.3) is 0 Å². The predicted molar refractivity (Wildman–Crippen MR) is 181 cm³/mol. The number of nitrogens with zero attached hydrogens (tertiary/aromatic N) is 1. The molecule has 0 radical (unpaired) electrons. The monoisotopic (exact) mass is 626 g/mol. The summed E-state index contributed by atoms with van der Waals surface area (Å²) in [6.07, 6.45) is 1.28. The molecule has 2 N–H and O–H groups in total. The Morgan fingerprint density at radius 2 is 1.61 bits per heavy atom. The van der Waals surface area contributed by atoms with Crippen molar-refractivity contribution in [3.63, 3.8) is 0 Å². The van der Waals surface area contributed by atoms with E-state index in [1.807, 2.05) is 61.5 Å². The third-order valence-electron chi connectivity index (χ3n) is 10.3. The Morgan fingerprint density at radius 3 is 2.20 bits per heavy atom. The third-order valence-corrected chi connectivity index (χ3v) is 10.3. The van der Waals surface area contributed by atoms with Gasteiger partial charge in [-0.3, -0.25) is 4.79 Å². The molecule has 1 amide bonds. The molecule has 5 rings (SSSR count). The molecule has 1 saturated heterocycles. The minimum atomic E-state index is -1.04. The Kier molecular flexibility index (Phi) is 9.04. The number of aliphatic carboxylic acids is 1. The van der Waals surface area contributed by atoms with Crippen molar-refractivity contribution in [2.24, 2.45) is 11.3 Å². The molecule has 0 saturated carbocycles. The number of fused-ring (bicyclic) bond motifs is 1. The number of carbonyl (C=O) groups excluding carboxylic acids is 1. The number of carboxylic acid groups (broad SMARTS) is 1. The first-order valence-corrected chi connectivity index (χ1v) is 16.3. The third kappa shape index (κ3) is 5.90. The summed E-state index contributed by atoms with van der Waals surface area (Å²) in [5, 5.41) is 14.8. The standard InChI is InChI=1S/C39H50N2O5/c1-37(2,3)26-18-19-29(45-8)25(22-26)23-40-32-31(38(4,5)6)34(35(42)43)41(33(32)24-14-11-10-12-15-24)36(44)39(7)21-20-27-28(39)16-13-17-30(27)46-9/h10-19,22,31-34,40H,20-21,23H2,1-9H3,(H,42,43)/t31-,32-,33-,34-,39+/m0/s1. The lowest BCUT2D eigenvalue weighted by molar-refractivity contribution is -0.154. The highest BCUT2D eigenvalue weighted by atomic mass is 16.5. The van der Waals surface area contributed by atoms with Crippen LogP contribution in [0.1, 0.15) is 88.7 Å². The lowest BCUT2D eigenvalue weighted by atomic mass is 9.72. The number of benzene rings is 3. The van der Waals surface area contributed by atoms with Gasteiger partial charge in [-0.05, 0) is 65.0 Å². The van der Waals surface area contributed by atoms with Gasteiger partial charge in [-0.1, -0.05) is 96.1 Å². The largest absolute Gasteiger partial charge is 0.496 e. The molecule has 0 bridgehead atoms. The van der Waals surface area contributed by atoms with Crippen LogP contribution in [-0.2, 0) is 33.4 Å². The number of carboxylic acids is 1. The molecule has 1 aliphatic heterocycles. The van der Waals surface area contributed by atoms with E-state index in [0.29, 0.717) is 19.4 Å². The summed E-state index contributed by atoms with van der Waals surface area (Å²) in [5.74, 6) is -0.00665. The van der Waals surface area contributed by atoms with Crippen molar-refractivity contribution in [1.29, 1.82) is 0 Å². The van der Waals surface area contributed by atoms with Crippen LogP contribution in [0.15, 0.2) is 66.7 Å². The number of methoxy groups -OCH3 is 2. The molecule has 0 unspecified atom stereocenters. The number of likely N-dealkylation sites (tertiary alicyclic amines) is 1. The van der Waals surface area contributed by atoms with Gasteiger partial charge in [-0.2, -0.15) is 0 Å². The van der Waals surface area contributed by atoms with Crippen LogP contribution in [0.3, 0.4) is 0 Å². The molecule has 1 fully saturated rings. The quantitative estimate of drug-likeness (QED) is 0.278. The maximum absolute atomic E-state index is 15.2. The number of ether oxygens (including phenoxy) is 2. The van der Waals surface area contributed by atoms with E-state index in [-0.39, 0.29) is 17.4 Å². The van der Waals surface area contributed by atoms with Gasteiger partial charge in [-0.25, -0.2) is 4.79 Å². The molecule has 1 heterocycles. The summed E-state index contributed by atoms with van der Waals surface area (Å²) < 4.78 is 11.4. The molecule has 0 aromatic heterocycles. The molecular formula is C39H50N2O5. The van der Waals surface area contributed by atoms with Crippen molar-refractivity contribution in [3.05, 3.63) is 94.5 Å². The van der Waals surface area contributed by atoms with Crippen LogP contribution < -0.4 is 14.8 Å². The molecule has 5 atom stereocenters. The Labute approximate surface area is 274 Å². The van der Waals surface area contributed by atoms with E-state index in [1.54, 1.807) is 19.1 Å². The second-order valence-electron chi connectivity index (χ2n) is 15.2. The molecule has 1 aliphatic carbocycles. The molecule has 46 heavy (non-hydrogen) atoms. The minimum Gasteiger partial charge on any atom is -0.496 e. The first kappa shape index (κ1) is 33.5. The van der Waals surface area contributed by atoms with E-state index in [9.17, 15) is 9.90 Å². The number of nitrogens with one attached hydrogen (secondary N) is 1. The second-order valence-corrected chi connectivity index (χ2v) is 15.2. The van der Waals surface area contributed by atoms with Gasteiger partial charge in [0.15, 0.2) is 0 Å². The lowest BCUT2D eigenvalue weighted by Gasteiger charge is -2.38. The zero-order valence-corrected chi connectivity index (χ0v) is 28.8. The maximum atomic E-state index is 15.2. The van der Waals surface area contributed by atoms with Crippen LogP contribution in [-0.4, -0.2) is 48.2 Å². The van der Waals surface area contributed by atoms with E-state index in [1.165, 1.54) is 5.56 Å².